The number of hydrogen-bond donors (Lipinski definition) is 1. The molecule has 1 N–H and O–H groups in total. The monoisotopic (exact) mass is 431 g/mol. The minimum Gasteiger partial charge on any atom is -0.489 e. The molecule has 1 aromatic carbocycles. The average Bonchev–Trinajstić information content (AvgIpc) is 3.46. The lowest BCUT2D eigenvalue weighted by molar-refractivity contribution is 0.107. The maximum Gasteiger partial charge on any atom is 0.161 e. The first-order valence-corrected chi connectivity index (χ1v) is 11.5. The van der Waals surface area contributed by atoms with Crippen LogP contribution in [0.4, 0.5) is 0 Å². The lowest BCUT2D eigenvalue weighted by atomic mass is 10.1. The maximum atomic E-state index is 6.20. The molecule has 0 spiro atoms. The van der Waals surface area contributed by atoms with Crippen LogP contribution in [0.1, 0.15) is 38.7 Å². The van der Waals surface area contributed by atoms with E-state index in [9.17, 15) is 0 Å². The van der Waals surface area contributed by atoms with Crippen LogP contribution in [0, 0.1) is 5.92 Å². The Labute approximate surface area is 186 Å². The van der Waals surface area contributed by atoms with Crippen molar-refractivity contribution in [3.8, 4) is 22.8 Å². The van der Waals surface area contributed by atoms with Gasteiger partial charge in [0, 0.05) is 36.8 Å². The first kappa shape index (κ1) is 23.6. The molecule has 1 unspecified atom stereocenters. The van der Waals surface area contributed by atoms with Gasteiger partial charge in [-0.2, -0.15) is 5.10 Å². The highest BCUT2D eigenvalue weighted by Crippen LogP contribution is 2.34. The third-order valence-electron chi connectivity index (χ3n) is 5.47. The van der Waals surface area contributed by atoms with E-state index in [1.54, 1.807) is 0 Å². The molecule has 7 nitrogen and oxygen atoms in total. The Balaban J connectivity index is 1.74. The first-order chi connectivity index (χ1) is 15.2. The highest BCUT2D eigenvalue weighted by molar-refractivity contribution is 5.66. The third kappa shape index (κ3) is 7.23. The molecule has 7 heteroatoms. The summed E-state index contributed by atoms with van der Waals surface area (Å²) in [6, 6.07) is 6.09. The van der Waals surface area contributed by atoms with Gasteiger partial charge in [0.25, 0.3) is 0 Å². The molecule has 2 aromatic rings. The summed E-state index contributed by atoms with van der Waals surface area (Å²) in [6.45, 7) is 10.1. The largest absolute Gasteiger partial charge is 0.489 e. The summed E-state index contributed by atoms with van der Waals surface area (Å²) in [7, 11) is 2.15. The molecular formula is C24H37N3O4. The van der Waals surface area contributed by atoms with Gasteiger partial charge < -0.3 is 23.8 Å². The van der Waals surface area contributed by atoms with Gasteiger partial charge in [-0.05, 0) is 51.6 Å². The topological polar surface area (TPSA) is 68.8 Å². The smallest absolute Gasteiger partial charge is 0.161 e. The van der Waals surface area contributed by atoms with Crippen molar-refractivity contribution in [2.24, 2.45) is 5.92 Å². The zero-order valence-corrected chi connectivity index (χ0v) is 19.2. The van der Waals surface area contributed by atoms with Crippen molar-refractivity contribution in [1.82, 2.24) is 15.1 Å². The molecule has 0 aliphatic carbocycles. The highest BCUT2D eigenvalue weighted by atomic mass is 16.5. The van der Waals surface area contributed by atoms with Crippen molar-refractivity contribution in [3.63, 3.8) is 0 Å². The summed E-state index contributed by atoms with van der Waals surface area (Å²) in [5.74, 6) is 1.92. The van der Waals surface area contributed by atoms with Gasteiger partial charge in [-0.1, -0.05) is 13.3 Å². The standard InChI is InChI=1S/C24H37N3O4/c1-4-6-10-27(3)16-21-15-25-26-24(21)20-7-8-22(30-13-12-28-5-2)23(14-20)31-18-19-9-11-29-17-19/h7-8,14-15,19H,4-6,9-13,16-18H2,1-3H3,(H,25,26). The number of aromatic nitrogens is 2. The van der Waals surface area contributed by atoms with E-state index >= 15 is 0 Å². The molecule has 3 rings (SSSR count). The van der Waals surface area contributed by atoms with E-state index in [0.29, 0.717) is 32.3 Å². The van der Waals surface area contributed by atoms with Crippen molar-refractivity contribution in [1.29, 1.82) is 0 Å². The van der Waals surface area contributed by atoms with Crippen LogP contribution in [-0.4, -0.2) is 68.3 Å². The molecular weight excluding hydrogens is 394 g/mol. The van der Waals surface area contributed by atoms with Crippen LogP contribution in [0.2, 0.25) is 0 Å². The van der Waals surface area contributed by atoms with Crippen molar-refractivity contribution in [2.45, 2.75) is 39.7 Å². The summed E-state index contributed by atoms with van der Waals surface area (Å²) in [5.41, 5.74) is 3.25. The fourth-order valence-corrected chi connectivity index (χ4v) is 3.65. The molecule has 0 saturated carbocycles. The van der Waals surface area contributed by atoms with Crippen LogP contribution in [0.3, 0.4) is 0 Å². The number of H-pyrrole nitrogens is 1. The molecule has 0 radical (unpaired) electrons. The predicted molar refractivity (Wildman–Crippen MR) is 122 cm³/mol. The van der Waals surface area contributed by atoms with Crippen LogP contribution in [-0.2, 0) is 16.0 Å². The highest BCUT2D eigenvalue weighted by Gasteiger charge is 2.18. The zero-order chi connectivity index (χ0) is 21.9. The van der Waals surface area contributed by atoms with Crippen molar-refractivity contribution < 1.29 is 18.9 Å². The van der Waals surface area contributed by atoms with E-state index in [1.807, 2.05) is 19.2 Å². The van der Waals surface area contributed by atoms with Crippen LogP contribution in [0.15, 0.2) is 24.4 Å². The second kappa shape index (κ2) is 12.7. The molecule has 1 aliphatic heterocycles. The molecule has 0 bridgehead atoms. The summed E-state index contributed by atoms with van der Waals surface area (Å²) in [6.07, 6.45) is 5.34. The Kier molecular flexibility index (Phi) is 9.65. The van der Waals surface area contributed by atoms with Gasteiger partial charge in [0.1, 0.15) is 6.61 Å². The van der Waals surface area contributed by atoms with Gasteiger partial charge in [0.2, 0.25) is 0 Å². The van der Waals surface area contributed by atoms with Crippen molar-refractivity contribution >= 4 is 0 Å². The Morgan fingerprint density at radius 2 is 2.10 bits per heavy atom. The second-order valence-corrected chi connectivity index (χ2v) is 8.11. The number of nitrogens with zero attached hydrogens (tertiary/aromatic N) is 2. The van der Waals surface area contributed by atoms with E-state index in [0.717, 1.165) is 55.5 Å². The molecule has 1 fully saturated rings. The SMILES string of the molecule is CCCCN(C)Cc1cn[nH]c1-c1ccc(OCCOCC)c(OCC2CCOC2)c1. The van der Waals surface area contributed by atoms with Crippen molar-refractivity contribution in [3.05, 3.63) is 30.0 Å². The quantitative estimate of drug-likeness (QED) is 0.454. The minimum atomic E-state index is 0.426. The Morgan fingerprint density at radius 1 is 1.19 bits per heavy atom. The third-order valence-corrected chi connectivity index (χ3v) is 5.47. The fourth-order valence-electron chi connectivity index (χ4n) is 3.65. The molecule has 2 heterocycles. The van der Waals surface area contributed by atoms with E-state index in [1.165, 1.54) is 18.4 Å². The Morgan fingerprint density at radius 3 is 2.87 bits per heavy atom. The predicted octanol–water partition coefficient (Wildman–Crippen LogP) is 4.14. The summed E-state index contributed by atoms with van der Waals surface area (Å²) in [4.78, 5) is 2.33. The van der Waals surface area contributed by atoms with E-state index in [4.69, 9.17) is 18.9 Å². The number of benzene rings is 1. The Bertz CT molecular complexity index is 774. The summed E-state index contributed by atoms with van der Waals surface area (Å²) < 4.78 is 23.0. The number of rotatable bonds is 14. The van der Waals surface area contributed by atoms with E-state index < -0.39 is 0 Å². The Hall–Kier alpha value is -2.09. The summed E-state index contributed by atoms with van der Waals surface area (Å²) >= 11 is 0. The van der Waals surface area contributed by atoms with Crippen molar-refractivity contribution in [2.75, 3.05) is 53.2 Å². The lowest BCUT2D eigenvalue weighted by Crippen LogP contribution is -2.19. The fraction of sp³-hybridized carbons (Fsp3) is 0.625. The van der Waals surface area contributed by atoms with Gasteiger partial charge in [0.05, 0.1) is 31.7 Å². The zero-order valence-electron chi connectivity index (χ0n) is 19.2. The molecule has 1 atom stereocenters. The van der Waals surface area contributed by atoms with Gasteiger partial charge in [-0.25, -0.2) is 0 Å². The van der Waals surface area contributed by atoms with E-state index in [-0.39, 0.29) is 0 Å². The lowest BCUT2D eigenvalue weighted by Gasteiger charge is -2.18. The molecule has 1 saturated heterocycles. The molecule has 31 heavy (non-hydrogen) atoms. The van der Waals surface area contributed by atoms with E-state index in [2.05, 4.69) is 41.2 Å². The maximum absolute atomic E-state index is 6.20. The van der Waals surface area contributed by atoms with Gasteiger partial charge >= 0.3 is 0 Å². The number of nitrogens with one attached hydrogen (secondary N) is 1. The normalized spacial score (nSPS) is 16.2. The molecule has 1 aromatic heterocycles. The van der Waals surface area contributed by atoms with Gasteiger partial charge in [0.15, 0.2) is 11.5 Å². The van der Waals surface area contributed by atoms with Crippen LogP contribution < -0.4 is 9.47 Å². The number of unbranched alkanes of at least 4 members (excludes halogenated alkanes) is 1. The molecule has 1 aliphatic rings. The number of hydrogen-bond acceptors (Lipinski definition) is 6. The number of ether oxygens (including phenoxy) is 4. The molecule has 0 amide bonds. The molecule has 172 valence electrons. The average molecular weight is 432 g/mol. The van der Waals surface area contributed by atoms with Crippen LogP contribution in [0.25, 0.3) is 11.3 Å². The first-order valence-electron chi connectivity index (χ1n) is 11.5. The van der Waals surface area contributed by atoms with Gasteiger partial charge in [-0.15, -0.1) is 0 Å². The van der Waals surface area contributed by atoms with Gasteiger partial charge in [-0.3, -0.25) is 5.10 Å². The van der Waals surface area contributed by atoms with Crippen LogP contribution in [0.5, 0.6) is 11.5 Å². The summed E-state index contributed by atoms with van der Waals surface area (Å²) in [5, 5.41) is 7.48. The second-order valence-electron chi connectivity index (χ2n) is 8.11. The minimum absolute atomic E-state index is 0.426. The van der Waals surface area contributed by atoms with Crippen LogP contribution >= 0.6 is 0 Å². The number of aromatic amines is 1.